The van der Waals surface area contributed by atoms with Gasteiger partial charge in [-0.1, -0.05) is 17.7 Å². The summed E-state index contributed by atoms with van der Waals surface area (Å²) in [6.07, 6.45) is 2.38. The average molecular weight is 477 g/mol. The molecule has 0 fully saturated rings. The molecule has 0 aliphatic rings. The van der Waals surface area contributed by atoms with Crippen molar-refractivity contribution in [3.63, 3.8) is 0 Å². The van der Waals surface area contributed by atoms with E-state index in [9.17, 15) is 17.6 Å². The number of carbonyl (C=O) groups excluding carboxylic acids is 1. The summed E-state index contributed by atoms with van der Waals surface area (Å²) >= 11 is 1.70. The Kier molecular flexibility index (Phi) is 8.35. The summed E-state index contributed by atoms with van der Waals surface area (Å²) in [6, 6.07) is 15.2. The van der Waals surface area contributed by atoms with Crippen molar-refractivity contribution in [2.45, 2.75) is 24.0 Å². The highest BCUT2D eigenvalue weighted by atomic mass is 32.2. The van der Waals surface area contributed by atoms with Crippen molar-refractivity contribution in [1.82, 2.24) is 5.32 Å². The molecule has 1 heterocycles. The van der Waals surface area contributed by atoms with Gasteiger partial charge in [0, 0.05) is 6.54 Å². The molecule has 0 aliphatic heterocycles. The molecule has 0 spiro atoms. The average Bonchev–Trinajstić information content (AvgIpc) is 3.29. The van der Waals surface area contributed by atoms with Crippen LogP contribution < -0.4 is 9.62 Å². The monoisotopic (exact) mass is 476 g/mol. The van der Waals surface area contributed by atoms with Crippen molar-refractivity contribution in [3.05, 3.63) is 84.1 Å². The number of sulfonamides is 1. The summed E-state index contributed by atoms with van der Waals surface area (Å²) in [6.45, 7) is 1.95. The van der Waals surface area contributed by atoms with Gasteiger partial charge in [-0.2, -0.15) is 11.8 Å². The number of hydrogen-bond donors (Lipinski definition) is 1. The van der Waals surface area contributed by atoms with Crippen LogP contribution in [0.25, 0.3) is 0 Å². The van der Waals surface area contributed by atoms with Crippen LogP contribution in [0.15, 0.2) is 76.2 Å². The predicted octanol–water partition coefficient (Wildman–Crippen LogP) is 4.36. The third kappa shape index (κ3) is 6.61. The minimum Gasteiger partial charge on any atom is -0.468 e. The first-order valence-corrected chi connectivity index (χ1v) is 12.7. The van der Waals surface area contributed by atoms with E-state index in [1.54, 1.807) is 42.3 Å². The fourth-order valence-electron chi connectivity index (χ4n) is 2.92. The van der Waals surface area contributed by atoms with E-state index in [0.717, 1.165) is 45.7 Å². The number of benzene rings is 2. The second kappa shape index (κ2) is 11.2. The molecule has 3 aromatic rings. The Morgan fingerprint density at radius 1 is 1.09 bits per heavy atom. The summed E-state index contributed by atoms with van der Waals surface area (Å²) in [5, 5.41) is 2.78. The van der Waals surface area contributed by atoms with Crippen molar-refractivity contribution < 1.29 is 22.0 Å². The van der Waals surface area contributed by atoms with Crippen molar-refractivity contribution in [2.24, 2.45) is 0 Å². The Morgan fingerprint density at radius 2 is 1.81 bits per heavy atom. The highest BCUT2D eigenvalue weighted by Crippen LogP contribution is 2.24. The number of nitrogens with one attached hydrogen (secondary N) is 1. The van der Waals surface area contributed by atoms with Gasteiger partial charge in [-0.05, 0) is 67.6 Å². The van der Waals surface area contributed by atoms with E-state index in [1.807, 2.05) is 19.1 Å². The molecule has 2 aromatic carbocycles. The van der Waals surface area contributed by atoms with Crippen LogP contribution in [-0.2, 0) is 20.6 Å². The molecule has 0 bridgehead atoms. The molecule has 9 heteroatoms. The van der Waals surface area contributed by atoms with Gasteiger partial charge in [0.05, 0.1) is 22.6 Å². The minimum atomic E-state index is -4.05. The fourth-order valence-corrected chi connectivity index (χ4v) is 5.19. The minimum absolute atomic E-state index is 0.0819. The van der Waals surface area contributed by atoms with E-state index in [4.69, 9.17) is 4.42 Å². The zero-order chi connectivity index (χ0) is 23.0. The summed E-state index contributed by atoms with van der Waals surface area (Å²) in [7, 11) is -4.05. The zero-order valence-corrected chi connectivity index (χ0v) is 19.3. The Bertz CT molecular complexity index is 1100. The van der Waals surface area contributed by atoms with Gasteiger partial charge in [0.1, 0.15) is 18.1 Å². The molecular formula is C23H25FN2O4S2. The van der Waals surface area contributed by atoms with Crippen LogP contribution >= 0.6 is 11.8 Å². The molecule has 0 aliphatic carbocycles. The van der Waals surface area contributed by atoms with Gasteiger partial charge in [0.15, 0.2) is 0 Å². The van der Waals surface area contributed by atoms with Crippen LogP contribution in [0, 0.1) is 12.7 Å². The Balaban J connectivity index is 1.61. The molecule has 0 radical (unpaired) electrons. The lowest BCUT2D eigenvalue weighted by Crippen LogP contribution is -2.41. The maximum Gasteiger partial charge on any atom is 0.264 e. The maximum atomic E-state index is 13.3. The van der Waals surface area contributed by atoms with Crippen LogP contribution in [0.1, 0.15) is 17.7 Å². The largest absolute Gasteiger partial charge is 0.468 e. The molecule has 32 heavy (non-hydrogen) atoms. The number of furan rings is 1. The standard InChI is InChI=1S/C23H25FN2O4S2/c1-18-5-9-20(10-6-18)26(32(28,29)22-11-7-19(24)8-12-22)16-23(27)25-13-3-15-31-17-21-4-2-14-30-21/h2,4-12,14H,3,13,15-17H2,1H3,(H,25,27). The molecule has 0 saturated carbocycles. The molecule has 1 amide bonds. The Hall–Kier alpha value is -2.78. The van der Waals surface area contributed by atoms with E-state index >= 15 is 0 Å². The number of anilines is 1. The summed E-state index contributed by atoms with van der Waals surface area (Å²) < 4.78 is 46.0. The second-order valence-electron chi connectivity index (χ2n) is 7.14. The Morgan fingerprint density at radius 3 is 2.47 bits per heavy atom. The van der Waals surface area contributed by atoms with Gasteiger partial charge in [-0.15, -0.1) is 0 Å². The number of thioether (sulfide) groups is 1. The molecule has 170 valence electrons. The number of amides is 1. The topological polar surface area (TPSA) is 79.6 Å². The lowest BCUT2D eigenvalue weighted by molar-refractivity contribution is -0.119. The predicted molar refractivity (Wildman–Crippen MR) is 125 cm³/mol. The fraction of sp³-hybridized carbons (Fsp3) is 0.261. The van der Waals surface area contributed by atoms with Gasteiger partial charge < -0.3 is 9.73 Å². The summed E-state index contributed by atoms with van der Waals surface area (Å²) in [5.41, 5.74) is 1.33. The normalized spacial score (nSPS) is 11.3. The highest BCUT2D eigenvalue weighted by molar-refractivity contribution is 7.98. The number of nitrogens with zero attached hydrogens (tertiary/aromatic N) is 1. The van der Waals surface area contributed by atoms with E-state index in [1.165, 1.54) is 12.1 Å². The molecule has 1 aromatic heterocycles. The molecule has 0 unspecified atom stereocenters. The summed E-state index contributed by atoms with van der Waals surface area (Å²) in [5.74, 6) is 1.55. The lowest BCUT2D eigenvalue weighted by Gasteiger charge is -2.24. The van der Waals surface area contributed by atoms with Crippen molar-refractivity contribution in [3.8, 4) is 0 Å². The first-order chi connectivity index (χ1) is 15.4. The van der Waals surface area contributed by atoms with Crippen molar-refractivity contribution in [2.75, 3.05) is 23.1 Å². The van der Waals surface area contributed by atoms with E-state index in [-0.39, 0.29) is 11.4 Å². The van der Waals surface area contributed by atoms with E-state index in [2.05, 4.69) is 5.32 Å². The van der Waals surface area contributed by atoms with Crippen LogP contribution in [0.3, 0.4) is 0 Å². The molecular weight excluding hydrogens is 451 g/mol. The SMILES string of the molecule is Cc1ccc(N(CC(=O)NCCCSCc2ccco2)S(=O)(=O)c2ccc(F)cc2)cc1. The van der Waals surface area contributed by atoms with Gasteiger partial charge in [0.25, 0.3) is 10.0 Å². The zero-order valence-electron chi connectivity index (χ0n) is 17.7. The molecule has 0 saturated heterocycles. The number of carbonyl (C=O) groups is 1. The van der Waals surface area contributed by atoms with Gasteiger partial charge >= 0.3 is 0 Å². The van der Waals surface area contributed by atoms with Crippen LogP contribution in [-0.4, -0.2) is 33.2 Å². The van der Waals surface area contributed by atoms with Crippen LogP contribution in [0.4, 0.5) is 10.1 Å². The smallest absolute Gasteiger partial charge is 0.264 e. The lowest BCUT2D eigenvalue weighted by atomic mass is 10.2. The van der Waals surface area contributed by atoms with Gasteiger partial charge in [0.2, 0.25) is 5.91 Å². The first kappa shape index (κ1) is 23.9. The van der Waals surface area contributed by atoms with Crippen molar-refractivity contribution >= 4 is 33.4 Å². The quantitative estimate of drug-likeness (QED) is 0.416. The third-order valence-corrected chi connectivity index (χ3v) is 7.48. The molecule has 0 atom stereocenters. The molecule has 6 nitrogen and oxygen atoms in total. The number of hydrogen-bond acceptors (Lipinski definition) is 5. The number of aryl methyl sites for hydroxylation is 1. The third-order valence-electron chi connectivity index (χ3n) is 4.62. The van der Waals surface area contributed by atoms with Crippen molar-refractivity contribution in [1.29, 1.82) is 0 Å². The second-order valence-corrected chi connectivity index (χ2v) is 10.1. The molecule has 1 N–H and O–H groups in total. The highest BCUT2D eigenvalue weighted by Gasteiger charge is 2.27. The number of rotatable bonds is 11. The van der Waals surface area contributed by atoms with Gasteiger partial charge in [-0.3, -0.25) is 9.10 Å². The van der Waals surface area contributed by atoms with Crippen LogP contribution in [0.5, 0.6) is 0 Å². The summed E-state index contributed by atoms with van der Waals surface area (Å²) in [4.78, 5) is 12.5. The maximum absolute atomic E-state index is 13.3. The van der Waals surface area contributed by atoms with E-state index < -0.39 is 21.7 Å². The van der Waals surface area contributed by atoms with Crippen LogP contribution in [0.2, 0.25) is 0 Å². The van der Waals surface area contributed by atoms with E-state index in [0.29, 0.717) is 12.2 Å². The molecule has 3 rings (SSSR count). The Labute approximate surface area is 191 Å². The van der Waals surface area contributed by atoms with Gasteiger partial charge in [-0.25, -0.2) is 12.8 Å². The first-order valence-electron chi connectivity index (χ1n) is 10.1. The number of halogens is 1.